The third-order valence-corrected chi connectivity index (χ3v) is 13.6. The highest BCUT2D eigenvalue weighted by Gasteiger charge is 2.47. The second-order valence-electron chi connectivity index (χ2n) is 17.5. The number of pyridine rings is 2. The number of nitrogens with one attached hydrogen (secondary N) is 4. The van der Waals surface area contributed by atoms with E-state index >= 15 is 0 Å². The molecule has 4 N–H and O–H groups in total. The van der Waals surface area contributed by atoms with Crippen LogP contribution in [0.25, 0.3) is 21.8 Å². The summed E-state index contributed by atoms with van der Waals surface area (Å²) in [6, 6.07) is 37.0. The number of anilines is 4. The van der Waals surface area contributed by atoms with Crippen LogP contribution in [0, 0.1) is 17.8 Å². The van der Waals surface area contributed by atoms with Crippen molar-refractivity contribution in [1.29, 1.82) is 0 Å². The van der Waals surface area contributed by atoms with Crippen molar-refractivity contribution in [2.45, 2.75) is 82.3 Å². The summed E-state index contributed by atoms with van der Waals surface area (Å²) in [5.41, 5.74) is 8.57. The molecular weight excluding hydrogens is 733 g/mol. The Kier molecular flexibility index (Phi) is 9.08. The average Bonchev–Trinajstić information content (AvgIpc) is 3.55. The summed E-state index contributed by atoms with van der Waals surface area (Å²) in [6.45, 7) is 0.504. The Labute approximate surface area is 344 Å². The van der Waals surface area contributed by atoms with Crippen LogP contribution in [0.2, 0.25) is 0 Å². The molecule has 2 heterocycles. The van der Waals surface area contributed by atoms with Gasteiger partial charge in [0.25, 0.3) is 0 Å². The van der Waals surface area contributed by atoms with Gasteiger partial charge in [-0.1, -0.05) is 55.0 Å². The van der Waals surface area contributed by atoms with Crippen molar-refractivity contribution >= 4 is 56.9 Å². The molecule has 11 rings (SSSR count). The Morgan fingerprint density at radius 3 is 1.71 bits per heavy atom. The maximum Gasteiger partial charge on any atom is 0.341 e. The van der Waals surface area contributed by atoms with Crippen LogP contribution in [-0.4, -0.2) is 44.6 Å². The predicted molar refractivity (Wildman–Crippen MR) is 234 cm³/mol. The summed E-state index contributed by atoms with van der Waals surface area (Å²) < 4.78 is 0. The minimum absolute atomic E-state index is 0.0340. The second-order valence-corrected chi connectivity index (χ2v) is 17.5. The monoisotopic (exact) mass is 782 g/mol. The molecule has 10 nitrogen and oxygen atoms in total. The number of carbonyl (C=O) groups excluding carboxylic acids is 2. The molecule has 2 bridgehead atoms. The minimum Gasteiger partial charge on any atom is -0.363 e. The molecule has 3 fully saturated rings. The number of urea groups is 2. The predicted octanol–water partition coefficient (Wildman–Crippen LogP) is 10.9. The average molecular weight is 783 g/mol. The van der Waals surface area contributed by atoms with Crippen LogP contribution in [0.5, 0.6) is 0 Å². The molecule has 10 heteroatoms. The summed E-state index contributed by atoms with van der Waals surface area (Å²) in [7, 11) is 0. The molecule has 0 spiro atoms. The topological polar surface area (TPSA) is 115 Å². The summed E-state index contributed by atoms with van der Waals surface area (Å²) in [4.78, 5) is 38.9. The van der Waals surface area contributed by atoms with Crippen LogP contribution in [-0.2, 0) is 12.8 Å². The number of aryl methyl sites for hydroxylation is 2. The highest BCUT2D eigenvalue weighted by Crippen LogP contribution is 2.48. The lowest BCUT2D eigenvalue weighted by molar-refractivity contribution is 0.00353. The van der Waals surface area contributed by atoms with Crippen molar-refractivity contribution in [3.8, 4) is 0 Å². The minimum atomic E-state index is -0.284. The maximum atomic E-state index is 14.6. The molecule has 4 amide bonds. The highest BCUT2D eigenvalue weighted by atomic mass is 16.2. The number of carbonyl (C=O) groups is 2. The number of benzene rings is 4. The molecule has 0 saturated heterocycles. The van der Waals surface area contributed by atoms with E-state index in [0.717, 1.165) is 91.2 Å². The van der Waals surface area contributed by atoms with Crippen molar-refractivity contribution < 1.29 is 9.59 Å². The first-order chi connectivity index (χ1) is 29.0. The number of hydrazine groups is 1. The number of rotatable bonds is 9. The number of hydrogen-bond donors (Lipinski definition) is 4. The first kappa shape index (κ1) is 36.0. The summed E-state index contributed by atoms with van der Waals surface area (Å²) in [5, 5.41) is 19.1. The van der Waals surface area contributed by atoms with Gasteiger partial charge in [0.2, 0.25) is 0 Å². The van der Waals surface area contributed by atoms with Crippen LogP contribution >= 0.6 is 0 Å². The van der Waals surface area contributed by atoms with E-state index in [1.165, 1.54) is 28.7 Å². The Hall–Kier alpha value is -6.16. The molecule has 5 aliphatic rings. The third-order valence-electron chi connectivity index (χ3n) is 13.6. The van der Waals surface area contributed by atoms with Gasteiger partial charge in [-0.05, 0) is 158 Å². The summed E-state index contributed by atoms with van der Waals surface area (Å²) in [5.74, 6) is 3.03. The molecule has 5 atom stereocenters. The Morgan fingerprint density at radius 1 is 0.593 bits per heavy atom. The third kappa shape index (κ3) is 7.19. The van der Waals surface area contributed by atoms with Gasteiger partial charge in [0, 0.05) is 28.7 Å². The zero-order chi connectivity index (χ0) is 39.5. The van der Waals surface area contributed by atoms with E-state index in [2.05, 4.69) is 81.9 Å². The van der Waals surface area contributed by atoms with Gasteiger partial charge in [-0.2, -0.15) is 0 Å². The lowest BCUT2D eigenvalue weighted by Crippen LogP contribution is -2.59. The van der Waals surface area contributed by atoms with E-state index in [0.29, 0.717) is 35.7 Å². The number of nitrogens with zero attached hydrogens (tertiary/aromatic N) is 4. The molecule has 0 aliphatic heterocycles. The van der Waals surface area contributed by atoms with Crippen molar-refractivity contribution in [2.24, 2.45) is 17.8 Å². The van der Waals surface area contributed by atoms with Crippen LogP contribution < -0.4 is 21.3 Å². The van der Waals surface area contributed by atoms with E-state index in [4.69, 9.17) is 9.97 Å². The molecule has 5 unspecified atom stereocenters. The molecule has 2 aromatic heterocycles. The molecule has 5 aliphatic carbocycles. The van der Waals surface area contributed by atoms with Gasteiger partial charge >= 0.3 is 12.1 Å². The SMILES string of the molecule is O=C(Nc1ccc2nc(NC3CCc4ccccc43)ccc2c1)N(CC1CC1)N(C(=O)Nc1ccc2nc(NC3CCc4ccccc43)ccc2c1)C1CC2CCC1C2. The molecule has 3 saturated carbocycles. The summed E-state index contributed by atoms with van der Waals surface area (Å²) in [6.07, 6.45) is 10.7. The van der Waals surface area contributed by atoms with E-state index < -0.39 is 0 Å². The van der Waals surface area contributed by atoms with Crippen molar-refractivity contribution in [3.63, 3.8) is 0 Å². The lowest BCUT2D eigenvalue weighted by Gasteiger charge is -2.42. The second kappa shape index (κ2) is 14.9. The molecule has 6 aromatic rings. The van der Waals surface area contributed by atoms with E-state index in [1.807, 2.05) is 48.5 Å². The van der Waals surface area contributed by atoms with Gasteiger partial charge in [-0.3, -0.25) is 0 Å². The molecule has 4 aromatic carbocycles. The van der Waals surface area contributed by atoms with Gasteiger partial charge in [-0.25, -0.2) is 29.6 Å². The van der Waals surface area contributed by atoms with Crippen LogP contribution in [0.1, 0.15) is 85.7 Å². The van der Waals surface area contributed by atoms with Crippen molar-refractivity contribution in [1.82, 2.24) is 20.0 Å². The normalized spacial score (nSPS) is 22.5. The molecular formula is C49H50N8O2. The first-order valence-corrected chi connectivity index (χ1v) is 21.7. The van der Waals surface area contributed by atoms with Crippen LogP contribution in [0.15, 0.2) is 109 Å². The quantitative estimate of drug-likeness (QED) is 0.109. The van der Waals surface area contributed by atoms with Gasteiger partial charge < -0.3 is 21.3 Å². The van der Waals surface area contributed by atoms with Crippen LogP contribution in [0.4, 0.5) is 32.6 Å². The molecule has 0 radical (unpaired) electrons. The van der Waals surface area contributed by atoms with Crippen LogP contribution in [0.3, 0.4) is 0 Å². The van der Waals surface area contributed by atoms with Crippen molar-refractivity contribution in [2.75, 3.05) is 27.8 Å². The van der Waals surface area contributed by atoms with E-state index in [9.17, 15) is 9.59 Å². The maximum absolute atomic E-state index is 14.6. The standard InChI is InChI=1S/C49H50N8O2/c58-48(50-37-17-21-41-34(27-37)15-23-46(52-41)54-43-19-13-32-5-1-3-7-39(32)43)56(29-30-9-10-30)57(45-26-31-11-12-36(45)25-31)49(59)51-38-18-22-42-35(28-38)16-24-47(53-42)55-44-20-14-33-6-2-4-8-40(33)44/h1-8,15-18,21-24,27-28,30-31,36,43-45H,9-14,19-20,25-26,29H2,(H,50,58)(H,51,59)(H,52,54)(H,53,55). The highest BCUT2D eigenvalue weighted by molar-refractivity contribution is 5.97. The fourth-order valence-corrected chi connectivity index (χ4v) is 10.5. The number of hydrogen-bond acceptors (Lipinski definition) is 6. The number of amides is 4. The molecule has 298 valence electrons. The Bertz CT molecular complexity index is 2590. The summed E-state index contributed by atoms with van der Waals surface area (Å²) >= 11 is 0. The smallest absolute Gasteiger partial charge is 0.341 e. The van der Waals surface area contributed by atoms with Gasteiger partial charge in [-0.15, -0.1) is 0 Å². The largest absolute Gasteiger partial charge is 0.363 e. The number of fused-ring (bicyclic) bond motifs is 6. The van der Waals surface area contributed by atoms with E-state index in [1.54, 1.807) is 10.0 Å². The van der Waals surface area contributed by atoms with Gasteiger partial charge in [0.15, 0.2) is 0 Å². The van der Waals surface area contributed by atoms with E-state index in [-0.39, 0.29) is 30.2 Å². The lowest BCUT2D eigenvalue weighted by atomic mass is 9.95. The Balaban J connectivity index is 0.815. The first-order valence-electron chi connectivity index (χ1n) is 21.7. The number of aromatic nitrogens is 2. The molecule has 59 heavy (non-hydrogen) atoms. The Morgan fingerprint density at radius 2 is 1.17 bits per heavy atom. The van der Waals surface area contributed by atoms with Gasteiger partial charge in [0.1, 0.15) is 11.6 Å². The zero-order valence-electron chi connectivity index (χ0n) is 33.2. The fraction of sp³-hybridized carbons (Fsp3) is 0.347. The van der Waals surface area contributed by atoms with Gasteiger partial charge in [0.05, 0.1) is 29.2 Å². The van der Waals surface area contributed by atoms with Crippen molar-refractivity contribution in [3.05, 3.63) is 131 Å². The fourth-order valence-electron chi connectivity index (χ4n) is 10.5. The zero-order valence-corrected chi connectivity index (χ0v) is 33.2.